The molecule has 56 heavy (non-hydrogen) atoms. The smallest absolute Gasteiger partial charge is 0.164 e. The highest BCUT2D eigenvalue weighted by Crippen LogP contribution is 2.46. The van der Waals surface area contributed by atoms with E-state index in [0.29, 0.717) is 17.5 Å². The van der Waals surface area contributed by atoms with Gasteiger partial charge in [-0.1, -0.05) is 152 Å². The summed E-state index contributed by atoms with van der Waals surface area (Å²) in [5.74, 6) is 1.98. The topological polar surface area (TPSA) is 43.6 Å². The second-order valence-electron chi connectivity index (χ2n) is 14.4. The van der Waals surface area contributed by atoms with Crippen molar-refractivity contribution in [3.8, 4) is 39.9 Å². The molecular formula is C51H30N4S. The third-order valence-corrected chi connectivity index (χ3v) is 12.4. The largest absolute Gasteiger partial charge is 0.309 e. The molecule has 0 aliphatic rings. The summed E-state index contributed by atoms with van der Waals surface area (Å²) in [7, 11) is 0. The molecular weight excluding hydrogens is 701 g/mol. The first kappa shape index (κ1) is 31.2. The number of aromatic nitrogens is 4. The fraction of sp³-hybridized carbons (Fsp3) is 0. The van der Waals surface area contributed by atoms with E-state index in [-0.39, 0.29) is 0 Å². The zero-order chi connectivity index (χ0) is 36.7. The van der Waals surface area contributed by atoms with Crippen molar-refractivity contribution < 1.29 is 0 Å². The summed E-state index contributed by atoms with van der Waals surface area (Å²) in [6.45, 7) is 0. The van der Waals surface area contributed by atoms with Gasteiger partial charge in [0.2, 0.25) is 0 Å². The molecule has 0 spiro atoms. The Bertz CT molecular complexity index is 3470. The van der Waals surface area contributed by atoms with Crippen LogP contribution in [0.3, 0.4) is 0 Å². The van der Waals surface area contributed by atoms with E-state index in [2.05, 4.69) is 150 Å². The lowest BCUT2D eigenvalue weighted by atomic mass is 9.99. The number of nitrogens with zero attached hydrogens (tertiary/aromatic N) is 4. The molecule has 0 unspecified atom stereocenters. The molecule has 0 aliphatic heterocycles. The summed E-state index contributed by atoms with van der Waals surface area (Å²) in [6.07, 6.45) is 0. The van der Waals surface area contributed by atoms with Crippen molar-refractivity contribution >= 4 is 85.6 Å². The van der Waals surface area contributed by atoms with Crippen LogP contribution in [0, 0.1) is 0 Å². The van der Waals surface area contributed by atoms with Gasteiger partial charge in [0.15, 0.2) is 17.5 Å². The molecule has 0 bridgehead atoms. The lowest BCUT2D eigenvalue weighted by Gasteiger charge is -2.12. The summed E-state index contributed by atoms with van der Waals surface area (Å²) in [6, 6.07) is 65.0. The van der Waals surface area contributed by atoms with E-state index in [1.54, 1.807) is 0 Å². The minimum absolute atomic E-state index is 0.656. The first-order valence-corrected chi connectivity index (χ1v) is 19.7. The fourth-order valence-corrected chi connectivity index (χ4v) is 9.87. The number of benzene rings is 9. The molecule has 9 aromatic carbocycles. The van der Waals surface area contributed by atoms with Crippen LogP contribution in [0.15, 0.2) is 182 Å². The molecule has 0 fully saturated rings. The van der Waals surface area contributed by atoms with E-state index in [1.807, 2.05) is 47.7 Å². The average molecular weight is 731 g/mol. The highest BCUT2D eigenvalue weighted by Gasteiger charge is 2.21. The normalized spacial score (nSPS) is 11.9. The van der Waals surface area contributed by atoms with Gasteiger partial charge in [0.05, 0.1) is 11.0 Å². The molecule has 3 heterocycles. The van der Waals surface area contributed by atoms with E-state index in [4.69, 9.17) is 15.0 Å². The van der Waals surface area contributed by atoms with Gasteiger partial charge < -0.3 is 4.57 Å². The van der Waals surface area contributed by atoms with Gasteiger partial charge in [-0.05, 0) is 57.3 Å². The predicted molar refractivity (Wildman–Crippen MR) is 236 cm³/mol. The van der Waals surface area contributed by atoms with Crippen LogP contribution in [0.2, 0.25) is 0 Å². The molecule has 0 N–H and O–H groups in total. The van der Waals surface area contributed by atoms with Crippen LogP contribution in [0.4, 0.5) is 0 Å². The highest BCUT2D eigenvalue weighted by atomic mass is 32.1. The number of fused-ring (bicyclic) bond motifs is 11. The van der Waals surface area contributed by atoms with E-state index < -0.39 is 0 Å². The Morgan fingerprint density at radius 3 is 1.71 bits per heavy atom. The molecule has 0 amide bonds. The van der Waals surface area contributed by atoms with Gasteiger partial charge >= 0.3 is 0 Å². The van der Waals surface area contributed by atoms with E-state index in [9.17, 15) is 0 Å². The Balaban J connectivity index is 1.15. The van der Waals surface area contributed by atoms with E-state index in [0.717, 1.165) is 33.2 Å². The third kappa shape index (κ3) is 4.75. The number of hydrogen-bond donors (Lipinski definition) is 0. The second kappa shape index (κ2) is 12.2. The average Bonchev–Trinajstić information content (AvgIpc) is 3.81. The van der Waals surface area contributed by atoms with Crippen LogP contribution in [0.5, 0.6) is 0 Å². The summed E-state index contributed by atoms with van der Waals surface area (Å²) < 4.78 is 4.92. The van der Waals surface area contributed by atoms with Crippen molar-refractivity contribution in [3.63, 3.8) is 0 Å². The second-order valence-corrected chi connectivity index (χ2v) is 15.5. The van der Waals surface area contributed by atoms with Gasteiger partial charge in [-0.15, -0.1) is 11.3 Å². The molecule has 0 saturated heterocycles. The minimum atomic E-state index is 0.656. The van der Waals surface area contributed by atoms with Crippen molar-refractivity contribution in [1.29, 1.82) is 0 Å². The Hall–Kier alpha value is -7.21. The van der Waals surface area contributed by atoms with E-state index in [1.165, 1.54) is 63.5 Å². The first-order valence-electron chi connectivity index (χ1n) is 18.9. The van der Waals surface area contributed by atoms with Crippen molar-refractivity contribution in [3.05, 3.63) is 182 Å². The molecule has 0 atom stereocenters. The Morgan fingerprint density at radius 1 is 0.393 bits per heavy atom. The van der Waals surface area contributed by atoms with Gasteiger partial charge in [-0.25, -0.2) is 15.0 Å². The molecule has 5 heteroatoms. The zero-order valence-corrected chi connectivity index (χ0v) is 30.8. The quantitative estimate of drug-likeness (QED) is 0.181. The van der Waals surface area contributed by atoms with E-state index >= 15 is 0 Å². The van der Waals surface area contributed by atoms with Crippen LogP contribution in [0.1, 0.15) is 0 Å². The maximum atomic E-state index is 5.20. The molecule has 4 nitrogen and oxygen atoms in total. The number of hydrogen-bond acceptors (Lipinski definition) is 4. The standard InChI is InChI=1S/C51H30N4S/c1-3-14-32(15-4-1)49-52-50(33-16-5-2-6-17-33)54-51(53-49)43-28-36-20-10-12-22-39(36)48-46(43)41-26-24-37(30-45(41)56-48)55-44-29-35-19-8-7-18-34(35)27-42(44)40-25-23-31-13-9-11-21-38(31)47(40)55/h1-30H. The van der Waals surface area contributed by atoms with Gasteiger partial charge in [0.25, 0.3) is 0 Å². The van der Waals surface area contributed by atoms with Crippen LogP contribution >= 0.6 is 11.3 Å². The fourth-order valence-electron chi connectivity index (χ4n) is 8.58. The van der Waals surface area contributed by atoms with Gasteiger partial charge in [-0.3, -0.25) is 0 Å². The molecule has 0 aliphatic carbocycles. The number of thiophene rings is 1. The van der Waals surface area contributed by atoms with Crippen molar-refractivity contribution in [1.82, 2.24) is 19.5 Å². The van der Waals surface area contributed by atoms with Crippen LogP contribution < -0.4 is 0 Å². The SMILES string of the molecule is c1ccc(-c2nc(-c3ccccc3)nc(-c3cc4ccccc4c4sc5cc(-n6c7cc8ccccc8cc7c7ccc8ccccc8c76)ccc5c34)n2)cc1. The molecule has 3 aromatic heterocycles. The van der Waals surface area contributed by atoms with Crippen LogP contribution in [-0.4, -0.2) is 19.5 Å². The Kier molecular flexibility index (Phi) is 6.76. The van der Waals surface area contributed by atoms with Crippen LogP contribution in [0.25, 0.3) is 114 Å². The first-order chi connectivity index (χ1) is 27.7. The highest BCUT2D eigenvalue weighted by molar-refractivity contribution is 7.26. The molecule has 0 radical (unpaired) electrons. The molecule has 260 valence electrons. The minimum Gasteiger partial charge on any atom is -0.309 e. The Labute approximate surface area is 325 Å². The van der Waals surface area contributed by atoms with Crippen LogP contribution in [-0.2, 0) is 0 Å². The lowest BCUT2D eigenvalue weighted by Crippen LogP contribution is -2.00. The summed E-state index contributed by atoms with van der Waals surface area (Å²) in [5, 5.41) is 12.2. The van der Waals surface area contributed by atoms with Crippen molar-refractivity contribution in [2.24, 2.45) is 0 Å². The van der Waals surface area contributed by atoms with Gasteiger partial charge in [-0.2, -0.15) is 0 Å². The van der Waals surface area contributed by atoms with Crippen molar-refractivity contribution in [2.75, 3.05) is 0 Å². The maximum absolute atomic E-state index is 5.20. The maximum Gasteiger partial charge on any atom is 0.164 e. The third-order valence-electron chi connectivity index (χ3n) is 11.2. The Morgan fingerprint density at radius 2 is 0.982 bits per heavy atom. The predicted octanol–water partition coefficient (Wildman–Crippen LogP) is 13.8. The van der Waals surface area contributed by atoms with Gasteiger partial charge in [0.1, 0.15) is 0 Å². The molecule has 12 aromatic rings. The summed E-state index contributed by atoms with van der Waals surface area (Å²) in [5.41, 5.74) is 6.48. The van der Waals surface area contributed by atoms with Crippen molar-refractivity contribution in [2.45, 2.75) is 0 Å². The monoisotopic (exact) mass is 730 g/mol. The molecule has 0 saturated carbocycles. The van der Waals surface area contributed by atoms with Gasteiger partial charge in [0, 0.05) is 58.7 Å². The molecule has 12 rings (SSSR count). The summed E-state index contributed by atoms with van der Waals surface area (Å²) >= 11 is 1.85. The lowest BCUT2D eigenvalue weighted by molar-refractivity contribution is 1.08. The number of rotatable bonds is 4. The zero-order valence-electron chi connectivity index (χ0n) is 30.0. The summed E-state index contributed by atoms with van der Waals surface area (Å²) in [4.78, 5) is 15.4.